The van der Waals surface area contributed by atoms with Gasteiger partial charge in [0, 0.05) is 24.6 Å². The van der Waals surface area contributed by atoms with E-state index in [2.05, 4.69) is 20.6 Å². The minimum Gasteiger partial charge on any atom is -0.496 e. The van der Waals surface area contributed by atoms with Crippen LogP contribution in [0.5, 0.6) is 5.75 Å². The number of ether oxygens (including phenoxy) is 1. The summed E-state index contributed by atoms with van der Waals surface area (Å²) >= 11 is 0. The van der Waals surface area contributed by atoms with Crippen molar-refractivity contribution in [3.05, 3.63) is 77.1 Å². The molecule has 0 aliphatic heterocycles. The number of hydrogen-bond acceptors (Lipinski definition) is 5. The molecule has 1 heterocycles. The quantitative estimate of drug-likeness (QED) is 0.652. The summed E-state index contributed by atoms with van der Waals surface area (Å²) in [7, 11) is 1.66. The Balaban J connectivity index is 1.57. The fraction of sp³-hybridized carbons (Fsp3) is 0.227. The van der Waals surface area contributed by atoms with E-state index in [0.29, 0.717) is 18.1 Å². The number of methoxy groups -OCH3 is 1. The fourth-order valence-electron chi connectivity index (χ4n) is 2.84. The van der Waals surface area contributed by atoms with Gasteiger partial charge in [-0.05, 0) is 49.1 Å². The Morgan fingerprint density at radius 1 is 1.04 bits per heavy atom. The van der Waals surface area contributed by atoms with Gasteiger partial charge in [-0.2, -0.15) is 0 Å². The first kappa shape index (κ1) is 19.4. The normalized spacial score (nSPS) is 10.4. The fourth-order valence-corrected chi connectivity index (χ4v) is 2.84. The van der Waals surface area contributed by atoms with Crippen molar-refractivity contribution in [3.8, 4) is 5.75 Å². The minimum absolute atomic E-state index is 0.228. The number of benzene rings is 2. The van der Waals surface area contributed by atoms with Gasteiger partial charge < -0.3 is 15.4 Å². The van der Waals surface area contributed by atoms with Crippen LogP contribution in [0.1, 0.15) is 27.0 Å². The van der Waals surface area contributed by atoms with Gasteiger partial charge in [-0.1, -0.05) is 30.3 Å². The Bertz CT molecular complexity index is 955. The molecule has 1 aromatic heterocycles. The molecule has 0 saturated carbocycles. The van der Waals surface area contributed by atoms with Crippen molar-refractivity contribution in [2.75, 3.05) is 24.3 Å². The van der Waals surface area contributed by atoms with E-state index >= 15 is 0 Å². The first-order valence-corrected chi connectivity index (χ1v) is 9.14. The summed E-state index contributed by atoms with van der Waals surface area (Å²) in [6.45, 7) is 4.66. The highest BCUT2D eigenvalue weighted by molar-refractivity contribution is 6.04. The molecular weight excluding hydrogens is 352 g/mol. The smallest absolute Gasteiger partial charge is 0.258 e. The molecule has 28 heavy (non-hydrogen) atoms. The SMILES string of the molecule is COc1ccccc1CCNc1ncc(C(=O)Nc2cccc(C)c2C)cn1. The molecule has 2 aromatic carbocycles. The average Bonchev–Trinajstić information content (AvgIpc) is 2.72. The lowest BCUT2D eigenvalue weighted by Crippen LogP contribution is -2.15. The van der Waals surface area contributed by atoms with Gasteiger partial charge in [0.25, 0.3) is 5.91 Å². The summed E-state index contributed by atoms with van der Waals surface area (Å²) in [6.07, 6.45) is 3.83. The third-order valence-corrected chi connectivity index (χ3v) is 4.64. The van der Waals surface area contributed by atoms with Gasteiger partial charge >= 0.3 is 0 Å². The van der Waals surface area contributed by atoms with E-state index in [1.807, 2.05) is 56.3 Å². The molecule has 2 N–H and O–H groups in total. The molecule has 0 aliphatic rings. The van der Waals surface area contributed by atoms with E-state index in [4.69, 9.17) is 4.74 Å². The molecule has 0 unspecified atom stereocenters. The topological polar surface area (TPSA) is 76.1 Å². The lowest BCUT2D eigenvalue weighted by molar-refractivity contribution is 0.102. The largest absolute Gasteiger partial charge is 0.496 e. The zero-order valence-corrected chi connectivity index (χ0v) is 16.3. The van der Waals surface area contributed by atoms with Crippen LogP contribution in [0.2, 0.25) is 0 Å². The van der Waals surface area contributed by atoms with Crippen molar-refractivity contribution >= 4 is 17.5 Å². The molecule has 0 fully saturated rings. The molecule has 0 atom stereocenters. The van der Waals surface area contributed by atoms with Gasteiger partial charge in [-0.15, -0.1) is 0 Å². The van der Waals surface area contributed by atoms with Crippen LogP contribution in [-0.2, 0) is 6.42 Å². The van der Waals surface area contributed by atoms with Gasteiger partial charge in [0.1, 0.15) is 5.75 Å². The second-order valence-electron chi connectivity index (χ2n) is 6.49. The molecule has 3 rings (SSSR count). The van der Waals surface area contributed by atoms with Crippen molar-refractivity contribution in [1.82, 2.24) is 9.97 Å². The van der Waals surface area contributed by atoms with E-state index in [0.717, 1.165) is 34.5 Å². The number of aromatic nitrogens is 2. The molecule has 0 radical (unpaired) electrons. The number of para-hydroxylation sites is 1. The number of nitrogens with zero attached hydrogens (tertiary/aromatic N) is 2. The lowest BCUT2D eigenvalue weighted by Gasteiger charge is -2.11. The summed E-state index contributed by atoms with van der Waals surface area (Å²) in [6, 6.07) is 13.7. The van der Waals surface area contributed by atoms with Gasteiger partial charge in [-0.3, -0.25) is 4.79 Å². The maximum atomic E-state index is 12.4. The number of nitrogens with one attached hydrogen (secondary N) is 2. The summed E-state index contributed by atoms with van der Waals surface area (Å²) in [5, 5.41) is 6.08. The number of aryl methyl sites for hydroxylation is 1. The maximum Gasteiger partial charge on any atom is 0.258 e. The average molecular weight is 376 g/mol. The monoisotopic (exact) mass is 376 g/mol. The van der Waals surface area contributed by atoms with Gasteiger partial charge in [0.05, 0.1) is 12.7 Å². The first-order valence-electron chi connectivity index (χ1n) is 9.14. The van der Waals surface area contributed by atoms with Crippen molar-refractivity contribution in [1.29, 1.82) is 0 Å². The number of anilines is 2. The highest BCUT2D eigenvalue weighted by Crippen LogP contribution is 2.19. The summed E-state index contributed by atoms with van der Waals surface area (Å²) in [4.78, 5) is 20.9. The van der Waals surface area contributed by atoms with Gasteiger partial charge in [0.2, 0.25) is 5.95 Å². The number of hydrogen-bond donors (Lipinski definition) is 2. The lowest BCUT2D eigenvalue weighted by atomic mass is 10.1. The summed E-state index contributed by atoms with van der Waals surface area (Å²) < 4.78 is 5.35. The van der Waals surface area contributed by atoms with Crippen LogP contribution in [0.3, 0.4) is 0 Å². The molecule has 6 heteroatoms. The Morgan fingerprint density at radius 2 is 1.79 bits per heavy atom. The number of carbonyl (C=O) groups is 1. The van der Waals surface area contributed by atoms with Crippen molar-refractivity contribution < 1.29 is 9.53 Å². The highest BCUT2D eigenvalue weighted by atomic mass is 16.5. The first-order chi connectivity index (χ1) is 13.6. The summed E-state index contributed by atoms with van der Waals surface area (Å²) in [5.74, 6) is 1.12. The molecule has 0 bridgehead atoms. The summed E-state index contributed by atoms with van der Waals surface area (Å²) in [5.41, 5.74) is 4.50. The van der Waals surface area contributed by atoms with Gasteiger partial charge in [-0.25, -0.2) is 9.97 Å². The second-order valence-corrected chi connectivity index (χ2v) is 6.49. The van der Waals surface area contributed by atoms with E-state index in [9.17, 15) is 4.79 Å². The van der Waals surface area contributed by atoms with E-state index in [1.165, 1.54) is 12.4 Å². The van der Waals surface area contributed by atoms with Crippen molar-refractivity contribution in [2.24, 2.45) is 0 Å². The van der Waals surface area contributed by atoms with Crippen molar-refractivity contribution in [3.63, 3.8) is 0 Å². The van der Waals surface area contributed by atoms with E-state index in [1.54, 1.807) is 7.11 Å². The predicted octanol–water partition coefficient (Wildman–Crippen LogP) is 4.01. The van der Waals surface area contributed by atoms with Crippen LogP contribution >= 0.6 is 0 Å². The number of carbonyl (C=O) groups excluding carboxylic acids is 1. The highest BCUT2D eigenvalue weighted by Gasteiger charge is 2.10. The molecule has 0 saturated heterocycles. The molecule has 1 amide bonds. The molecule has 0 spiro atoms. The Morgan fingerprint density at radius 3 is 2.54 bits per heavy atom. The number of amides is 1. The second kappa shape index (κ2) is 8.99. The molecule has 144 valence electrons. The molecular formula is C22H24N4O2. The van der Waals surface area contributed by atoms with Gasteiger partial charge in [0.15, 0.2) is 0 Å². The molecule has 3 aromatic rings. The third kappa shape index (κ3) is 4.65. The van der Waals surface area contributed by atoms with E-state index < -0.39 is 0 Å². The van der Waals surface area contributed by atoms with Crippen LogP contribution in [0.25, 0.3) is 0 Å². The Kier molecular flexibility index (Phi) is 6.22. The zero-order valence-electron chi connectivity index (χ0n) is 16.3. The number of rotatable bonds is 7. The Hall–Kier alpha value is -3.41. The Labute approximate surface area is 165 Å². The van der Waals surface area contributed by atoms with Crippen molar-refractivity contribution in [2.45, 2.75) is 20.3 Å². The van der Waals surface area contributed by atoms with E-state index in [-0.39, 0.29) is 5.91 Å². The predicted molar refractivity (Wildman–Crippen MR) is 111 cm³/mol. The van der Waals surface area contributed by atoms with Crippen LogP contribution in [-0.4, -0.2) is 29.5 Å². The standard InChI is InChI=1S/C22H24N4O2/c1-15-7-6-9-19(16(15)2)26-21(27)18-13-24-22(25-14-18)23-12-11-17-8-4-5-10-20(17)28-3/h4-10,13-14H,11-12H2,1-3H3,(H,26,27)(H,23,24,25). The third-order valence-electron chi connectivity index (χ3n) is 4.64. The minimum atomic E-state index is -0.228. The maximum absolute atomic E-state index is 12.4. The molecule has 0 aliphatic carbocycles. The van der Waals surface area contributed by atoms with Crippen LogP contribution in [0, 0.1) is 13.8 Å². The van der Waals surface area contributed by atoms with Crippen LogP contribution < -0.4 is 15.4 Å². The van der Waals surface area contributed by atoms with Crippen LogP contribution in [0.4, 0.5) is 11.6 Å². The van der Waals surface area contributed by atoms with Crippen LogP contribution in [0.15, 0.2) is 54.9 Å². The molecule has 6 nitrogen and oxygen atoms in total. The zero-order chi connectivity index (χ0) is 19.9.